The van der Waals surface area contributed by atoms with Crippen LogP contribution >= 0.6 is 27.5 Å². The van der Waals surface area contributed by atoms with Crippen molar-refractivity contribution in [2.24, 2.45) is 0 Å². The number of halogens is 3. The van der Waals surface area contributed by atoms with Gasteiger partial charge < -0.3 is 0 Å². The van der Waals surface area contributed by atoms with Gasteiger partial charge in [-0.3, -0.25) is 0 Å². The monoisotopic (exact) mass is 248 g/mol. The largest absolute Gasteiger partial charge is 0.206 e. The van der Waals surface area contributed by atoms with Gasteiger partial charge in [0.05, 0.1) is 4.47 Å². The first kappa shape index (κ1) is 9.75. The van der Waals surface area contributed by atoms with Crippen LogP contribution in [0.3, 0.4) is 0 Å². The summed E-state index contributed by atoms with van der Waals surface area (Å²) >= 11 is 8.59. The highest BCUT2D eigenvalue weighted by Crippen LogP contribution is 2.21. The zero-order chi connectivity index (χ0) is 8.97. The molecule has 64 valence electrons. The summed E-state index contributed by atoms with van der Waals surface area (Å²) < 4.78 is 13.4. The van der Waals surface area contributed by atoms with E-state index in [1.54, 1.807) is 18.2 Å². The van der Waals surface area contributed by atoms with Crippen molar-refractivity contribution < 1.29 is 4.39 Å². The SMILES string of the molecule is Fc1cccc(C=CCCl)c1Br. The summed E-state index contributed by atoms with van der Waals surface area (Å²) in [6.07, 6.45) is 3.54. The quantitative estimate of drug-likeness (QED) is 0.699. The lowest BCUT2D eigenvalue weighted by Crippen LogP contribution is -1.80. The molecule has 0 saturated carbocycles. The van der Waals surface area contributed by atoms with Gasteiger partial charge in [0, 0.05) is 5.88 Å². The van der Waals surface area contributed by atoms with E-state index in [0.29, 0.717) is 10.4 Å². The van der Waals surface area contributed by atoms with Crippen LogP contribution < -0.4 is 0 Å². The molecule has 0 fully saturated rings. The Balaban J connectivity index is 3.00. The molecule has 0 aliphatic rings. The second kappa shape index (κ2) is 4.63. The summed E-state index contributed by atoms with van der Waals surface area (Å²) in [7, 11) is 0. The van der Waals surface area contributed by atoms with Crippen LogP contribution in [-0.4, -0.2) is 5.88 Å². The minimum absolute atomic E-state index is 0.258. The lowest BCUT2D eigenvalue weighted by molar-refractivity contribution is 0.621. The Kier molecular flexibility index (Phi) is 3.76. The molecule has 0 spiro atoms. The van der Waals surface area contributed by atoms with E-state index in [1.807, 2.05) is 6.07 Å². The van der Waals surface area contributed by atoms with Gasteiger partial charge in [0.2, 0.25) is 0 Å². The summed E-state index contributed by atoms with van der Waals surface area (Å²) in [5.41, 5.74) is 0.802. The average molecular weight is 250 g/mol. The van der Waals surface area contributed by atoms with Crippen LogP contribution in [0.15, 0.2) is 28.7 Å². The molecule has 0 bridgehead atoms. The van der Waals surface area contributed by atoms with Crippen molar-refractivity contribution in [2.75, 3.05) is 5.88 Å². The van der Waals surface area contributed by atoms with Gasteiger partial charge in [0.15, 0.2) is 0 Å². The van der Waals surface area contributed by atoms with Crippen molar-refractivity contribution in [2.45, 2.75) is 0 Å². The maximum absolute atomic E-state index is 12.9. The third-order valence-corrected chi connectivity index (χ3v) is 2.38. The van der Waals surface area contributed by atoms with E-state index in [9.17, 15) is 4.39 Å². The zero-order valence-corrected chi connectivity index (χ0v) is 8.57. The Bertz CT molecular complexity index is 297. The highest BCUT2D eigenvalue weighted by molar-refractivity contribution is 9.10. The molecule has 0 aromatic heterocycles. The van der Waals surface area contributed by atoms with E-state index >= 15 is 0 Å². The molecular formula is C9H7BrClF. The minimum atomic E-state index is -0.258. The summed E-state index contributed by atoms with van der Waals surface area (Å²) in [5.74, 6) is 0.176. The fourth-order valence-electron chi connectivity index (χ4n) is 0.821. The lowest BCUT2D eigenvalue weighted by atomic mass is 10.2. The average Bonchev–Trinajstić information content (AvgIpc) is 2.08. The smallest absolute Gasteiger partial charge is 0.137 e. The van der Waals surface area contributed by atoms with Crippen LogP contribution in [0.4, 0.5) is 4.39 Å². The van der Waals surface area contributed by atoms with Crippen molar-refractivity contribution in [3.63, 3.8) is 0 Å². The molecule has 0 radical (unpaired) electrons. The van der Waals surface area contributed by atoms with Gasteiger partial charge >= 0.3 is 0 Å². The van der Waals surface area contributed by atoms with E-state index in [2.05, 4.69) is 15.9 Å². The number of allylic oxidation sites excluding steroid dienone is 1. The first-order valence-electron chi connectivity index (χ1n) is 3.42. The normalized spacial score (nSPS) is 10.9. The molecule has 1 aromatic rings. The predicted octanol–water partition coefficient (Wildman–Crippen LogP) is 3.84. The Hall–Kier alpha value is -0.340. The van der Waals surface area contributed by atoms with Gasteiger partial charge in [-0.2, -0.15) is 0 Å². The van der Waals surface area contributed by atoms with Gasteiger partial charge in [-0.25, -0.2) is 4.39 Å². The second-order valence-electron chi connectivity index (χ2n) is 2.20. The third kappa shape index (κ3) is 2.32. The molecule has 1 aromatic carbocycles. The number of hydrogen-bond donors (Lipinski definition) is 0. The first-order chi connectivity index (χ1) is 5.75. The summed E-state index contributed by atoms with van der Waals surface area (Å²) in [5, 5.41) is 0. The Morgan fingerprint density at radius 2 is 2.25 bits per heavy atom. The predicted molar refractivity (Wildman–Crippen MR) is 53.9 cm³/mol. The fraction of sp³-hybridized carbons (Fsp3) is 0.111. The van der Waals surface area contributed by atoms with Gasteiger partial charge in [0.1, 0.15) is 5.82 Å². The molecule has 0 N–H and O–H groups in total. The van der Waals surface area contributed by atoms with Crippen molar-refractivity contribution in [3.05, 3.63) is 40.1 Å². The summed E-state index contributed by atoms with van der Waals surface area (Å²) in [6, 6.07) is 4.88. The Morgan fingerprint density at radius 3 is 2.92 bits per heavy atom. The van der Waals surface area contributed by atoms with Crippen LogP contribution in [0, 0.1) is 5.82 Å². The van der Waals surface area contributed by atoms with Crippen LogP contribution in [0.5, 0.6) is 0 Å². The van der Waals surface area contributed by atoms with Gasteiger partial charge in [-0.1, -0.05) is 24.3 Å². The van der Waals surface area contributed by atoms with Crippen molar-refractivity contribution in [1.82, 2.24) is 0 Å². The molecule has 0 amide bonds. The van der Waals surface area contributed by atoms with Crippen LogP contribution in [0.1, 0.15) is 5.56 Å². The van der Waals surface area contributed by atoms with Crippen LogP contribution in [0.25, 0.3) is 6.08 Å². The van der Waals surface area contributed by atoms with E-state index in [1.165, 1.54) is 6.07 Å². The molecule has 3 heteroatoms. The van der Waals surface area contributed by atoms with E-state index in [0.717, 1.165) is 5.56 Å². The number of hydrogen-bond acceptors (Lipinski definition) is 0. The van der Waals surface area contributed by atoms with Crippen molar-refractivity contribution in [3.8, 4) is 0 Å². The highest BCUT2D eigenvalue weighted by atomic mass is 79.9. The maximum Gasteiger partial charge on any atom is 0.137 e. The van der Waals surface area contributed by atoms with Crippen LogP contribution in [-0.2, 0) is 0 Å². The molecular weight excluding hydrogens is 242 g/mol. The first-order valence-corrected chi connectivity index (χ1v) is 4.75. The molecule has 0 aliphatic carbocycles. The second-order valence-corrected chi connectivity index (χ2v) is 3.30. The van der Waals surface area contributed by atoms with Crippen molar-refractivity contribution >= 4 is 33.6 Å². The minimum Gasteiger partial charge on any atom is -0.206 e. The molecule has 12 heavy (non-hydrogen) atoms. The standard InChI is InChI=1S/C9H7BrClF/c10-9-7(4-2-6-11)3-1-5-8(9)12/h1-5H,6H2. The molecule has 0 aliphatic heterocycles. The highest BCUT2D eigenvalue weighted by Gasteiger charge is 2.00. The topological polar surface area (TPSA) is 0 Å². The van der Waals surface area contributed by atoms with Gasteiger partial charge in [0.25, 0.3) is 0 Å². The molecule has 0 heterocycles. The van der Waals surface area contributed by atoms with Crippen LogP contribution in [0.2, 0.25) is 0 Å². The molecule has 1 rings (SSSR count). The van der Waals surface area contributed by atoms with E-state index in [-0.39, 0.29) is 5.82 Å². The Labute approximate surface area is 84.2 Å². The lowest BCUT2D eigenvalue weighted by Gasteiger charge is -1.98. The molecule has 0 saturated heterocycles. The van der Waals surface area contributed by atoms with E-state index in [4.69, 9.17) is 11.6 Å². The van der Waals surface area contributed by atoms with Gasteiger partial charge in [-0.15, -0.1) is 11.6 Å². The fourth-order valence-corrected chi connectivity index (χ4v) is 1.31. The van der Waals surface area contributed by atoms with Gasteiger partial charge in [-0.05, 0) is 27.6 Å². The molecule has 0 atom stereocenters. The third-order valence-electron chi connectivity index (χ3n) is 1.37. The molecule has 0 nitrogen and oxygen atoms in total. The zero-order valence-electron chi connectivity index (χ0n) is 6.23. The maximum atomic E-state index is 12.9. The summed E-state index contributed by atoms with van der Waals surface area (Å²) in [6.45, 7) is 0. The van der Waals surface area contributed by atoms with E-state index < -0.39 is 0 Å². The number of rotatable bonds is 2. The number of alkyl halides is 1. The summed E-state index contributed by atoms with van der Waals surface area (Å²) in [4.78, 5) is 0. The number of benzene rings is 1. The Morgan fingerprint density at radius 1 is 1.50 bits per heavy atom. The van der Waals surface area contributed by atoms with Crippen molar-refractivity contribution in [1.29, 1.82) is 0 Å². The molecule has 0 unspecified atom stereocenters.